The topological polar surface area (TPSA) is 102 Å². The molecule has 0 radical (unpaired) electrons. The number of hydrogen-bond acceptors (Lipinski definition) is 7. The summed E-state index contributed by atoms with van der Waals surface area (Å²) in [5, 5.41) is 11.6. The minimum absolute atomic E-state index is 0.0343. The maximum absolute atomic E-state index is 12.8. The van der Waals surface area contributed by atoms with Crippen LogP contribution in [0.4, 0.5) is 0 Å². The zero-order valence-corrected chi connectivity index (χ0v) is 39.6. The highest BCUT2D eigenvalue weighted by Crippen LogP contribution is 2.16. The Balaban J connectivity index is 4.31. The van der Waals surface area contributed by atoms with Crippen molar-refractivity contribution in [3.63, 3.8) is 0 Å². The van der Waals surface area contributed by atoms with Crippen molar-refractivity contribution in [2.75, 3.05) is 41.0 Å². The molecule has 0 fully saturated rings. The molecule has 0 aromatic heterocycles. The highest BCUT2D eigenvalue weighted by atomic mass is 16.6. The number of unbranched alkanes of at least 4 members (excludes halogenated alkanes) is 25. The second-order valence-electron chi connectivity index (χ2n) is 17.8. The van der Waals surface area contributed by atoms with E-state index in [1.54, 1.807) is 21.1 Å². The molecular formula is C52H93NO7. The number of carbonyl (C=O) groups is 3. The lowest BCUT2D eigenvalue weighted by Crippen LogP contribution is -2.55. The Morgan fingerprint density at radius 3 is 1.33 bits per heavy atom. The molecule has 0 aliphatic heterocycles. The van der Waals surface area contributed by atoms with Crippen LogP contribution in [0.1, 0.15) is 213 Å². The van der Waals surface area contributed by atoms with Crippen molar-refractivity contribution in [2.45, 2.75) is 225 Å². The van der Waals surface area contributed by atoms with Crippen molar-refractivity contribution in [3.05, 3.63) is 48.6 Å². The number of esters is 2. The van der Waals surface area contributed by atoms with Crippen LogP contribution in [0.25, 0.3) is 0 Å². The van der Waals surface area contributed by atoms with Crippen LogP contribution in [0.3, 0.4) is 0 Å². The zero-order chi connectivity index (χ0) is 44.2. The molecule has 0 saturated carbocycles. The molecule has 348 valence electrons. The van der Waals surface area contributed by atoms with Gasteiger partial charge in [0, 0.05) is 19.3 Å². The fourth-order valence-electron chi connectivity index (χ4n) is 7.20. The summed E-state index contributed by atoms with van der Waals surface area (Å²) >= 11 is 0. The fraction of sp³-hybridized carbons (Fsp3) is 0.788. The van der Waals surface area contributed by atoms with Gasteiger partial charge in [-0.2, -0.15) is 0 Å². The molecule has 0 N–H and O–H groups in total. The molecule has 2 unspecified atom stereocenters. The number of carbonyl (C=O) groups excluding carboxylic acids is 3. The van der Waals surface area contributed by atoms with Crippen molar-refractivity contribution in [1.29, 1.82) is 0 Å². The van der Waals surface area contributed by atoms with E-state index in [4.69, 9.17) is 14.2 Å². The number of hydrogen-bond donors (Lipinski definition) is 0. The van der Waals surface area contributed by atoms with Gasteiger partial charge in [-0.25, -0.2) is 0 Å². The third-order valence-corrected chi connectivity index (χ3v) is 11.1. The van der Waals surface area contributed by atoms with Crippen molar-refractivity contribution in [1.82, 2.24) is 0 Å². The number of allylic oxidation sites excluding steroid dienone is 8. The second kappa shape index (κ2) is 43.0. The lowest BCUT2D eigenvalue weighted by molar-refractivity contribution is -0.889. The molecule has 2 atom stereocenters. The van der Waals surface area contributed by atoms with Gasteiger partial charge >= 0.3 is 11.9 Å². The SMILES string of the molecule is CCCCC/C=C/C=C/C=C/C=C/CCCCCCCC(=O)OCC(COCCC(C(=O)[O-])[N+](C)(C)C)OC(=O)CCCCCCCCCCCCCCCCCCCC. The van der Waals surface area contributed by atoms with E-state index in [2.05, 4.69) is 62.5 Å². The standard InChI is InChI=1S/C52H93NO7/c1-6-8-10-12-14-16-18-20-22-24-26-28-30-32-34-36-38-40-42-50(54)59-47-48(46-58-45-44-49(52(56)57)53(3,4)5)60-51(55)43-41-39-37-35-33-31-29-27-25-23-21-19-17-15-13-11-9-7-2/h14,16,18,20,22,24,26,28,48-49H,6-13,15,17,19,21,23,25,27,29-47H2,1-5H3/b16-14+,20-18+,24-22+,28-26+. The molecule has 0 heterocycles. The second-order valence-corrected chi connectivity index (χ2v) is 17.8. The van der Waals surface area contributed by atoms with Crippen molar-refractivity contribution in [3.8, 4) is 0 Å². The molecule has 0 aromatic rings. The minimum Gasteiger partial charge on any atom is -0.544 e. The van der Waals surface area contributed by atoms with Gasteiger partial charge in [0.1, 0.15) is 12.6 Å². The van der Waals surface area contributed by atoms with Crippen LogP contribution in [0.5, 0.6) is 0 Å². The van der Waals surface area contributed by atoms with Crippen molar-refractivity contribution >= 4 is 17.9 Å². The fourth-order valence-corrected chi connectivity index (χ4v) is 7.20. The van der Waals surface area contributed by atoms with Gasteiger partial charge in [-0.3, -0.25) is 9.59 Å². The van der Waals surface area contributed by atoms with Crippen LogP contribution in [0, 0.1) is 0 Å². The summed E-state index contributed by atoms with van der Waals surface area (Å²) in [6.07, 6.45) is 51.3. The first-order valence-corrected chi connectivity index (χ1v) is 24.7. The monoisotopic (exact) mass is 844 g/mol. The maximum atomic E-state index is 12.8. The van der Waals surface area contributed by atoms with Crippen LogP contribution in [0.15, 0.2) is 48.6 Å². The Hall–Kier alpha value is -2.71. The van der Waals surface area contributed by atoms with Gasteiger partial charge in [-0.15, -0.1) is 0 Å². The minimum atomic E-state index is -1.13. The van der Waals surface area contributed by atoms with E-state index in [1.807, 2.05) is 0 Å². The summed E-state index contributed by atoms with van der Waals surface area (Å²) in [5.74, 6) is -1.76. The maximum Gasteiger partial charge on any atom is 0.306 e. The molecule has 60 heavy (non-hydrogen) atoms. The summed E-state index contributed by atoms with van der Waals surface area (Å²) < 4.78 is 17.2. The molecule has 0 spiro atoms. The van der Waals surface area contributed by atoms with Gasteiger partial charge in [0.2, 0.25) is 0 Å². The predicted molar refractivity (Wildman–Crippen MR) is 250 cm³/mol. The van der Waals surface area contributed by atoms with Gasteiger partial charge in [0.05, 0.1) is 40.3 Å². The Morgan fingerprint density at radius 1 is 0.500 bits per heavy atom. The summed E-state index contributed by atoms with van der Waals surface area (Å²) in [7, 11) is 5.41. The Labute approximate surface area is 369 Å². The molecule has 0 saturated heterocycles. The van der Waals surface area contributed by atoms with E-state index < -0.39 is 18.1 Å². The van der Waals surface area contributed by atoms with Crippen molar-refractivity contribution in [2.24, 2.45) is 0 Å². The van der Waals surface area contributed by atoms with Crippen molar-refractivity contribution < 1.29 is 38.2 Å². The number of ether oxygens (including phenoxy) is 3. The largest absolute Gasteiger partial charge is 0.544 e. The van der Waals surface area contributed by atoms with Crippen LogP contribution < -0.4 is 5.11 Å². The summed E-state index contributed by atoms with van der Waals surface area (Å²) in [6.45, 7) is 4.62. The summed E-state index contributed by atoms with van der Waals surface area (Å²) in [5.41, 5.74) is 0. The van der Waals surface area contributed by atoms with Gasteiger partial charge in [0.25, 0.3) is 0 Å². The first-order valence-electron chi connectivity index (χ1n) is 24.7. The molecule has 0 aliphatic rings. The molecule has 8 heteroatoms. The number of rotatable bonds is 44. The number of aliphatic carboxylic acids is 1. The number of nitrogens with zero attached hydrogens (tertiary/aromatic N) is 1. The average molecular weight is 844 g/mol. The predicted octanol–water partition coefficient (Wildman–Crippen LogP) is 12.6. The number of carboxylic acids is 1. The Bertz CT molecular complexity index is 1120. The Morgan fingerprint density at radius 2 is 0.883 bits per heavy atom. The van der Waals surface area contributed by atoms with E-state index in [0.29, 0.717) is 12.8 Å². The van der Waals surface area contributed by atoms with E-state index >= 15 is 0 Å². The summed E-state index contributed by atoms with van der Waals surface area (Å²) in [6, 6.07) is -0.730. The molecule has 0 rings (SSSR count). The highest BCUT2D eigenvalue weighted by Gasteiger charge is 2.25. The van der Waals surface area contributed by atoms with Gasteiger partial charge < -0.3 is 28.6 Å². The third-order valence-electron chi connectivity index (χ3n) is 11.1. The van der Waals surface area contributed by atoms with Gasteiger partial charge in [-0.1, -0.05) is 204 Å². The highest BCUT2D eigenvalue weighted by molar-refractivity contribution is 5.70. The smallest absolute Gasteiger partial charge is 0.306 e. The quantitative estimate of drug-likeness (QED) is 0.0260. The van der Waals surface area contributed by atoms with Crippen LogP contribution >= 0.6 is 0 Å². The molecule has 8 nitrogen and oxygen atoms in total. The number of carboxylic acid groups (broad SMARTS) is 1. The molecule has 0 amide bonds. The lowest BCUT2D eigenvalue weighted by atomic mass is 10.0. The molecule has 0 aromatic carbocycles. The average Bonchev–Trinajstić information content (AvgIpc) is 3.21. The first kappa shape index (κ1) is 57.3. The van der Waals surface area contributed by atoms with Gasteiger partial charge in [0.15, 0.2) is 6.10 Å². The molecular weight excluding hydrogens is 751 g/mol. The summed E-state index contributed by atoms with van der Waals surface area (Å²) in [4.78, 5) is 37.0. The molecule has 0 aliphatic carbocycles. The van der Waals surface area contributed by atoms with Crippen LogP contribution in [0.2, 0.25) is 0 Å². The zero-order valence-electron chi connectivity index (χ0n) is 39.6. The van der Waals surface area contributed by atoms with E-state index in [9.17, 15) is 19.5 Å². The van der Waals surface area contributed by atoms with E-state index in [0.717, 1.165) is 64.2 Å². The lowest BCUT2D eigenvalue weighted by Gasteiger charge is -2.34. The van der Waals surface area contributed by atoms with Crippen LogP contribution in [-0.4, -0.2) is 75.5 Å². The van der Waals surface area contributed by atoms with Crippen LogP contribution in [-0.2, 0) is 28.6 Å². The third kappa shape index (κ3) is 40.7. The number of likely N-dealkylation sites (N-methyl/N-ethyl adjacent to an activating group) is 1. The number of quaternary nitrogens is 1. The normalized spacial score (nSPS) is 13.3. The van der Waals surface area contributed by atoms with Gasteiger partial charge in [-0.05, 0) is 38.5 Å². The van der Waals surface area contributed by atoms with E-state index in [1.165, 1.54) is 116 Å². The first-order chi connectivity index (χ1) is 29.1. The Kier molecular flexibility index (Phi) is 41.0. The molecule has 0 bridgehead atoms. The van der Waals surface area contributed by atoms with E-state index in [-0.39, 0.29) is 42.7 Å².